The molecule has 0 fully saturated rings. The lowest BCUT2D eigenvalue weighted by Crippen LogP contribution is -2.12. The Hall–Kier alpha value is -2.50. The topological polar surface area (TPSA) is 72.0 Å². The number of benzene rings is 1. The predicted octanol–water partition coefficient (Wildman–Crippen LogP) is 2.44. The highest BCUT2D eigenvalue weighted by molar-refractivity contribution is 5.97. The Morgan fingerprint density at radius 2 is 2.00 bits per heavy atom. The van der Waals surface area contributed by atoms with E-state index in [1.54, 1.807) is 0 Å². The summed E-state index contributed by atoms with van der Waals surface area (Å²) in [4.78, 5) is 3.82. The first-order valence-corrected chi connectivity index (χ1v) is 4.99. The first-order valence-electron chi connectivity index (χ1n) is 4.99. The molecule has 0 atom stereocenters. The molecule has 0 amide bonds. The van der Waals surface area contributed by atoms with Crippen LogP contribution in [0.3, 0.4) is 0 Å². The quantitative estimate of drug-likeness (QED) is 0.648. The zero-order chi connectivity index (χ0) is 13.1. The van der Waals surface area contributed by atoms with Crippen LogP contribution in [0.4, 0.5) is 8.78 Å². The van der Waals surface area contributed by atoms with Crippen LogP contribution in [-0.4, -0.2) is 10.8 Å². The van der Waals surface area contributed by atoms with Crippen LogP contribution >= 0.6 is 0 Å². The molecule has 4 nitrogen and oxygen atoms in total. The molecule has 6 heteroatoms. The van der Waals surface area contributed by atoms with Crippen molar-refractivity contribution in [2.45, 2.75) is 0 Å². The average Bonchev–Trinajstić information content (AvgIpc) is 2.34. The summed E-state index contributed by atoms with van der Waals surface area (Å²) < 4.78 is 31.1. The smallest absolute Gasteiger partial charge is 0.162 e. The van der Waals surface area contributed by atoms with E-state index in [-0.39, 0.29) is 17.3 Å². The SMILES string of the molecule is N=C(N)c1ccncc1Oc1ccc(F)c(F)c1. The van der Waals surface area contributed by atoms with Crippen molar-refractivity contribution < 1.29 is 13.5 Å². The van der Waals surface area contributed by atoms with Crippen LogP contribution in [0, 0.1) is 17.0 Å². The molecule has 0 saturated carbocycles. The molecule has 18 heavy (non-hydrogen) atoms. The summed E-state index contributed by atoms with van der Waals surface area (Å²) in [5, 5.41) is 7.35. The molecule has 1 aromatic heterocycles. The van der Waals surface area contributed by atoms with Crippen LogP contribution in [0.2, 0.25) is 0 Å². The average molecular weight is 249 g/mol. The lowest BCUT2D eigenvalue weighted by molar-refractivity contribution is 0.459. The van der Waals surface area contributed by atoms with Gasteiger partial charge >= 0.3 is 0 Å². The minimum Gasteiger partial charge on any atom is -0.455 e. The van der Waals surface area contributed by atoms with Crippen molar-refractivity contribution in [3.8, 4) is 11.5 Å². The summed E-state index contributed by atoms with van der Waals surface area (Å²) in [6.07, 6.45) is 2.80. The van der Waals surface area contributed by atoms with Crippen LogP contribution < -0.4 is 10.5 Å². The maximum absolute atomic E-state index is 13.0. The minimum atomic E-state index is -1.01. The summed E-state index contributed by atoms with van der Waals surface area (Å²) in [6, 6.07) is 4.63. The third-order valence-corrected chi connectivity index (χ3v) is 2.19. The summed E-state index contributed by atoms with van der Waals surface area (Å²) >= 11 is 0. The number of pyridine rings is 1. The number of ether oxygens (including phenoxy) is 1. The van der Waals surface area contributed by atoms with Gasteiger partial charge in [0.2, 0.25) is 0 Å². The molecule has 0 unspecified atom stereocenters. The Morgan fingerprint density at radius 1 is 1.22 bits per heavy atom. The summed E-state index contributed by atoms with van der Waals surface area (Å²) in [6.45, 7) is 0. The van der Waals surface area contributed by atoms with Crippen LogP contribution in [-0.2, 0) is 0 Å². The Kier molecular flexibility index (Phi) is 3.18. The standard InChI is InChI=1S/C12H9F2N3O/c13-9-2-1-7(5-10(9)14)18-11-6-17-4-3-8(11)12(15)16/h1-6H,(H3,15,16). The lowest BCUT2D eigenvalue weighted by atomic mass is 10.2. The van der Waals surface area contributed by atoms with Gasteiger partial charge in [0.15, 0.2) is 17.4 Å². The second-order valence-corrected chi connectivity index (χ2v) is 3.46. The van der Waals surface area contributed by atoms with Crippen molar-refractivity contribution in [1.29, 1.82) is 5.41 Å². The molecule has 1 aromatic carbocycles. The van der Waals surface area contributed by atoms with E-state index in [1.165, 1.54) is 24.5 Å². The monoisotopic (exact) mass is 249 g/mol. The number of nitrogens with two attached hydrogens (primary N) is 1. The molecule has 0 bridgehead atoms. The number of nitrogens with zero attached hydrogens (tertiary/aromatic N) is 1. The van der Waals surface area contributed by atoms with E-state index in [2.05, 4.69) is 4.98 Å². The molecule has 1 heterocycles. The fourth-order valence-electron chi connectivity index (χ4n) is 1.35. The number of halogens is 2. The summed E-state index contributed by atoms with van der Waals surface area (Å²) in [5.41, 5.74) is 5.69. The predicted molar refractivity (Wildman–Crippen MR) is 61.7 cm³/mol. The van der Waals surface area contributed by atoms with Crippen molar-refractivity contribution >= 4 is 5.84 Å². The highest BCUT2D eigenvalue weighted by atomic mass is 19.2. The van der Waals surface area contributed by atoms with E-state index < -0.39 is 11.6 Å². The van der Waals surface area contributed by atoms with Gasteiger partial charge in [0, 0.05) is 12.3 Å². The molecular formula is C12H9F2N3O. The number of nitrogen functional groups attached to an aromatic ring is 1. The molecule has 0 aliphatic rings. The molecule has 0 aliphatic heterocycles. The summed E-state index contributed by atoms with van der Waals surface area (Å²) in [5.74, 6) is -1.86. The van der Waals surface area contributed by atoms with Crippen LogP contribution in [0.25, 0.3) is 0 Å². The fraction of sp³-hybridized carbons (Fsp3) is 0. The van der Waals surface area contributed by atoms with Gasteiger partial charge in [-0.2, -0.15) is 0 Å². The highest BCUT2D eigenvalue weighted by Gasteiger charge is 2.09. The largest absolute Gasteiger partial charge is 0.455 e. The Bertz CT molecular complexity index is 602. The maximum Gasteiger partial charge on any atom is 0.162 e. The van der Waals surface area contributed by atoms with Crippen LogP contribution in [0.1, 0.15) is 5.56 Å². The molecule has 0 saturated heterocycles. The van der Waals surface area contributed by atoms with Crippen molar-refractivity contribution in [2.75, 3.05) is 0 Å². The Balaban J connectivity index is 2.34. The molecule has 0 spiro atoms. The van der Waals surface area contributed by atoms with Crippen LogP contribution in [0.5, 0.6) is 11.5 Å². The Morgan fingerprint density at radius 3 is 2.67 bits per heavy atom. The fourth-order valence-corrected chi connectivity index (χ4v) is 1.35. The summed E-state index contributed by atoms with van der Waals surface area (Å²) in [7, 11) is 0. The minimum absolute atomic E-state index is 0.101. The molecule has 2 aromatic rings. The van der Waals surface area contributed by atoms with Gasteiger partial charge in [-0.1, -0.05) is 0 Å². The van der Waals surface area contributed by atoms with Gasteiger partial charge in [0.05, 0.1) is 11.8 Å². The van der Waals surface area contributed by atoms with E-state index >= 15 is 0 Å². The van der Waals surface area contributed by atoms with E-state index in [0.717, 1.165) is 12.1 Å². The van der Waals surface area contributed by atoms with Gasteiger partial charge in [-0.3, -0.25) is 10.4 Å². The second-order valence-electron chi connectivity index (χ2n) is 3.46. The third kappa shape index (κ3) is 2.42. The normalized spacial score (nSPS) is 10.1. The van der Waals surface area contributed by atoms with Crippen molar-refractivity contribution in [3.05, 3.63) is 53.9 Å². The number of nitrogens with one attached hydrogen (secondary N) is 1. The van der Waals surface area contributed by atoms with Crippen molar-refractivity contribution in [2.24, 2.45) is 5.73 Å². The third-order valence-electron chi connectivity index (χ3n) is 2.19. The molecular weight excluding hydrogens is 240 g/mol. The zero-order valence-corrected chi connectivity index (χ0v) is 9.15. The first kappa shape index (κ1) is 12.0. The van der Waals surface area contributed by atoms with Gasteiger partial charge in [-0.05, 0) is 18.2 Å². The zero-order valence-electron chi connectivity index (χ0n) is 9.15. The van der Waals surface area contributed by atoms with Gasteiger partial charge in [-0.25, -0.2) is 8.78 Å². The molecule has 92 valence electrons. The van der Waals surface area contributed by atoms with E-state index in [4.69, 9.17) is 15.9 Å². The number of hydrogen-bond acceptors (Lipinski definition) is 3. The lowest BCUT2D eigenvalue weighted by Gasteiger charge is -2.09. The van der Waals surface area contributed by atoms with Gasteiger partial charge in [0.1, 0.15) is 11.6 Å². The number of amidine groups is 1. The van der Waals surface area contributed by atoms with Gasteiger partial charge in [-0.15, -0.1) is 0 Å². The molecule has 3 N–H and O–H groups in total. The van der Waals surface area contributed by atoms with Gasteiger partial charge < -0.3 is 10.5 Å². The second kappa shape index (κ2) is 4.79. The number of hydrogen-bond donors (Lipinski definition) is 2. The molecule has 0 aliphatic carbocycles. The van der Waals surface area contributed by atoms with Crippen molar-refractivity contribution in [1.82, 2.24) is 4.98 Å². The Labute approximate surface area is 102 Å². The number of rotatable bonds is 3. The maximum atomic E-state index is 13.0. The van der Waals surface area contributed by atoms with Gasteiger partial charge in [0.25, 0.3) is 0 Å². The first-order chi connectivity index (χ1) is 8.58. The van der Waals surface area contributed by atoms with E-state index in [0.29, 0.717) is 5.56 Å². The van der Waals surface area contributed by atoms with Crippen molar-refractivity contribution in [3.63, 3.8) is 0 Å². The van der Waals surface area contributed by atoms with Crippen LogP contribution in [0.15, 0.2) is 36.7 Å². The highest BCUT2D eigenvalue weighted by Crippen LogP contribution is 2.25. The van der Waals surface area contributed by atoms with E-state index in [1.807, 2.05) is 0 Å². The molecule has 0 radical (unpaired) electrons. The van der Waals surface area contributed by atoms with E-state index in [9.17, 15) is 8.78 Å². The number of aromatic nitrogens is 1. The molecule has 2 rings (SSSR count).